The lowest BCUT2D eigenvalue weighted by Gasteiger charge is -2.16. The lowest BCUT2D eigenvalue weighted by molar-refractivity contribution is 1.11. The van der Waals surface area contributed by atoms with Crippen LogP contribution < -0.4 is 0 Å². The first-order valence-electron chi connectivity index (χ1n) is 11.8. The number of rotatable bonds is 2. The fourth-order valence-electron chi connectivity index (χ4n) is 5.51. The molecule has 0 N–H and O–H groups in total. The van der Waals surface area contributed by atoms with Gasteiger partial charge in [0, 0.05) is 21.5 Å². The van der Waals surface area contributed by atoms with Crippen molar-refractivity contribution in [2.24, 2.45) is 0 Å². The highest BCUT2D eigenvalue weighted by molar-refractivity contribution is 6.11. The Balaban J connectivity index is 1.68. The van der Waals surface area contributed by atoms with Crippen LogP contribution in [-0.4, -0.2) is 9.13 Å². The van der Waals surface area contributed by atoms with Crippen LogP contribution >= 0.6 is 0 Å². The number of nitriles is 2. The molecule has 0 saturated carbocycles. The second-order valence-corrected chi connectivity index (χ2v) is 8.85. The maximum atomic E-state index is 10.6. The van der Waals surface area contributed by atoms with Gasteiger partial charge in [-0.15, -0.1) is 0 Å². The third kappa shape index (κ3) is 2.67. The first kappa shape index (κ1) is 20.1. The van der Waals surface area contributed by atoms with Crippen molar-refractivity contribution in [1.29, 1.82) is 10.5 Å². The molecule has 0 saturated heterocycles. The molecule has 7 rings (SSSR count). The molecule has 0 amide bonds. The molecule has 0 aliphatic heterocycles. The van der Waals surface area contributed by atoms with Crippen LogP contribution in [0.25, 0.3) is 55.0 Å². The van der Waals surface area contributed by atoms with E-state index in [1.54, 1.807) is 0 Å². The summed E-state index contributed by atoms with van der Waals surface area (Å²) in [5.41, 5.74) is 6.42. The molecular formula is C32H18N4. The van der Waals surface area contributed by atoms with Crippen LogP contribution in [0.2, 0.25) is 0 Å². The zero-order chi connectivity index (χ0) is 24.2. The molecule has 0 atom stereocenters. The summed E-state index contributed by atoms with van der Waals surface area (Å²) in [4.78, 5) is 0. The van der Waals surface area contributed by atoms with E-state index < -0.39 is 0 Å². The predicted molar refractivity (Wildman–Crippen MR) is 145 cm³/mol. The van der Waals surface area contributed by atoms with E-state index in [1.165, 1.54) is 0 Å². The van der Waals surface area contributed by atoms with Gasteiger partial charge in [-0.05, 0) is 36.4 Å². The molecule has 7 aromatic rings. The van der Waals surface area contributed by atoms with Crippen molar-refractivity contribution in [3.8, 4) is 23.5 Å². The number of nitrogens with zero attached hydrogens (tertiary/aromatic N) is 4. The van der Waals surface area contributed by atoms with Gasteiger partial charge < -0.3 is 9.13 Å². The Morgan fingerprint density at radius 3 is 1.08 bits per heavy atom. The van der Waals surface area contributed by atoms with Gasteiger partial charge in [0.05, 0.1) is 45.1 Å². The summed E-state index contributed by atoms with van der Waals surface area (Å²) in [5, 5.41) is 25.1. The molecule has 0 fully saturated rings. The number of hydrogen-bond donors (Lipinski definition) is 0. The molecular weight excluding hydrogens is 440 g/mol. The van der Waals surface area contributed by atoms with Crippen LogP contribution in [0.3, 0.4) is 0 Å². The lowest BCUT2D eigenvalue weighted by Crippen LogP contribution is -2.05. The van der Waals surface area contributed by atoms with Crippen molar-refractivity contribution in [2.45, 2.75) is 0 Å². The normalized spacial score (nSPS) is 11.3. The third-order valence-electron chi connectivity index (χ3n) is 6.98. The molecule has 5 aromatic carbocycles. The fourth-order valence-corrected chi connectivity index (χ4v) is 5.51. The molecule has 2 aromatic heterocycles. The quantitative estimate of drug-likeness (QED) is 0.267. The third-order valence-corrected chi connectivity index (χ3v) is 6.98. The molecule has 0 aliphatic rings. The smallest absolute Gasteiger partial charge is 0.104 e. The summed E-state index contributed by atoms with van der Waals surface area (Å²) in [6.07, 6.45) is 0. The fraction of sp³-hybridized carbons (Fsp3) is 0. The van der Waals surface area contributed by atoms with E-state index in [0.717, 1.165) is 43.6 Å². The summed E-state index contributed by atoms with van der Waals surface area (Å²) in [5.74, 6) is 0. The molecule has 4 heteroatoms. The van der Waals surface area contributed by atoms with Gasteiger partial charge in [-0.2, -0.15) is 10.5 Å². The number of aromatic nitrogens is 2. The van der Waals surface area contributed by atoms with E-state index in [4.69, 9.17) is 0 Å². The minimum atomic E-state index is 0.503. The summed E-state index contributed by atoms with van der Waals surface area (Å²) >= 11 is 0. The predicted octanol–water partition coefficient (Wildman–Crippen LogP) is 7.62. The Bertz CT molecular complexity index is 1830. The molecule has 0 bridgehead atoms. The van der Waals surface area contributed by atoms with Gasteiger partial charge in [0.15, 0.2) is 0 Å². The van der Waals surface area contributed by atoms with Gasteiger partial charge in [0.2, 0.25) is 0 Å². The molecule has 0 aliphatic carbocycles. The molecule has 0 radical (unpaired) electrons. The highest BCUT2D eigenvalue weighted by Gasteiger charge is 2.21. The van der Waals surface area contributed by atoms with Crippen LogP contribution in [-0.2, 0) is 0 Å². The average Bonchev–Trinajstić information content (AvgIpc) is 3.45. The molecule has 4 nitrogen and oxygen atoms in total. The first-order valence-corrected chi connectivity index (χ1v) is 11.8. The Kier molecular flexibility index (Phi) is 4.24. The Morgan fingerprint density at radius 2 is 0.778 bits per heavy atom. The van der Waals surface area contributed by atoms with Gasteiger partial charge in [-0.3, -0.25) is 0 Å². The standard InChI is InChI=1S/C32H18N4/c33-19-21-17-31(35-27-13-5-1-9-22(27)23-10-2-6-14-28(23)35)26(20-34)32(18-21)36-29-15-7-3-11-24(29)25-12-4-8-16-30(25)36/h1-18H. The Labute approximate surface area is 207 Å². The van der Waals surface area contributed by atoms with E-state index >= 15 is 0 Å². The van der Waals surface area contributed by atoms with E-state index in [2.05, 4.69) is 69.8 Å². The minimum Gasteiger partial charge on any atom is -0.308 e. The van der Waals surface area contributed by atoms with Gasteiger partial charge in [0.25, 0.3) is 0 Å². The van der Waals surface area contributed by atoms with Crippen molar-refractivity contribution >= 4 is 43.6 Å². The van der Waals surface area contributed by atoms with Crippen LogP contribution in [0.4, 0.5) is 0 Å². The van der Waals surface area contributed by atoms with Crippen LogP contribution in [0.15, 0.2) is 109 Å². The van der Waals surface area contributed by atoms with Crippen LogP contribution in [0, 0.1) is 22.7 Å². The Morgan fingerprint density at radius 1 is 0.444 bits per heavy atom. The van der Waals surface area contributed by atoms with Crippen LogP contribution in [0.1, 0.15) is 11.1 Å². The number of hydrogen-bond acceptors (Lipinski definition) is 2. The van der Waals surface area contributed by atoms with Crippen molar-refractivity contribution in [2.75, 3.05) is 0 Å². The highest BCUT2D eigenvalue weighted by Crippen LogP contribution is 2.38. The maximum Gasteiger partial charge on any atom is 0.104 e. The zero-order valence-corrected chi connectivity index (χ0v) is 19.2. The van der Waals surface area contributed by atoms with E-state index in [-0.39, 0.29) is 0 Å². The summed E-state index contributed by atoms with van der Waals surface area (Å²) < 4.78 is 4.23. The van der Waals surface area contributed by atoms with Crippen molar-refractivity contribution < 1.29 is 0 Å². The monoisotopic (exact) mass is 458 g/mol. The number of benzene rings is 5. The zero-order valence-electron chi connectivity index (χ0n) is 19.2. The van der Waals surface area contributed by atoms with Crippen molar-refractivity contribution in [3.05, 3.63) is 120 Å². The molecule has 2 heterocycles. The van der Waals surface area contributed by atoms with E-state index in [0.29, 0.717) is 22.5 Å². The Hall–Kier alpha value is -5.32. The second-order valence-electron chi connectivity index (χ2n) is 8.85. The van der Waals surface area contributed by atoms with Gasteiger partial charge in [0.1, 0.15) is 11.6 Å². The first-order chi connectivity index (χ1) is 17.8. The van der Waals surface area contributed by atoms with Crippen LogP contribution in [0.5, 0.6) is 0 Å². The maximum absolute atomic E-state index is 10.6. The van der Waals surface area contributed by atoms with Gasteiger partial charge in [-0.25, -0.2) is 0 Å². The van der Waals surface area contributed by atoms with Crippen molar-refractivity contribution in [1.82, 2.24) is 9.13 Å². The molecule has 36 heavy (non-hydrogen) atoms. The van der Waals surface area contributed by atoms with E-state index in [1.807, 2.05) is 60.7 Å². The van der Waals surface area contributed by atoms with E-state index in [9.17, 15) is 10.5 Å². The second kappa shape index (κ2) is 7.60. The molecule has 0 spiro atoms. The van der Waals surface area contributed by atoms with Gasteiger partial charge in [-0.1, -0.05) is 72.8 Å². The number of para-hydroxylation sites is 4. The molecule has 166 valence electrons. The largest absolute Gasteiger partial charge is 0.308 e. The highest BCUT2D eigenvalue weighted by atomic mass is 15.0. The minimum absolute atomic E-state index is 0.503. The summed E-state index contributed by atoms with van der Waals surface area (Å²) in [6, 6.07) is 41.3. The average molecular weight is 459 g/mol. The topological polar surface area (TPSA) is 57.4 Å². The lowest BCUT2D eigenvalue weighted by atomic mass is 10.1. The van der Waals surface area contributed by atoms with Crippen molar-refractivity contribution in [3.63, 3.8) is 0 Å². The summed E-state index contributed by atoms with van der Waals surface area (Å²) in [7, 11) is 0. The summed E-state index contributed by atoms with van der Waals surface area (Å²) in [6.45, 7) is 0. The SMILES string of the molecule is N#Cc1cc(-n2c3ccccc3c3ccccc32)c(C#N)c(-n2c3ccccc3c3ccccc32)c1. The van der Waals surface area contributed by atoms with Gasteiger partial charge >= 0.3 is 0 Å². The number of fused-ring (bicyclic) bond motifs is 6. The molecule has 0 unspecified atom stereocenters.